The Balaban J connectivity index is 1.58. The zero-order valence-corrected chi connectivity index (χ0v) is 16.1. The molecule has 1 amide bonds. The summed E-state index contributed by atoms with van der Waals surface area (Å²) in [7, 11) is 0. The van der Waals surface area contributed by atoms with Crippen molar-refractivity contribution >= 4 is 11.6 Å². The van der Waals surface area contributed by atoms with Crippen molar-refractivity contribution < 1.29 is 13.9 Å². The summed E-state index contributed by atoms with van der Waals surface area (Å²) in [4.78, 5) is 19.2. The number of aryl methyl sites for hydroxylation is 1. The van der Waals surface area contributed by atoms with E-state index in [0.717, 1.165) is 24.0 Å². The predicted molar refractivity (Wildman–Crippen MR) is 104 cm³/mol. The molecule has 0 aliphatic carbocycles. The zero-order chi connectivity index (χ0) is 19.7. The third kappa shape index (κ3) is 3.62. The molecule has 2 aromatic heterocycles. The van der Waals surface area contributed by atoms with Crippen LogP contribution in [0.1, 0.15) is 35.8 Å². The molecule has 4 rings (SSSR count). The first-order chi connectivity index (χ1) is 13.5. The van der Waals surface area contributed by atoms with Crippen molar-refractivity contribution in [1.29, 1.82) is 0 Å². The highest BCUT2D eigenvalue weighted by atomic mass is 19.1. The summed E-state index contributed by atoms with van der Waals surface area (Å²) < 4.78 is 20.5. The molecular formula is C21H23FN4O2. The average Bonchev–Trinajstić information content (AvgIpc) is 3.14. The number of ether oxygens (including phenoxy) is 1. The van der Waals surface area contributed by atoms with Gasteiger partial charge in [0.15, 0.2) is 5.65 Å². The molecule has 1 aliphatic heterocycles. The van der Waals surface area contributed by atoms with Gasteiger partial charge in [0.1, 0.15) is 11.5 Å². The minimum absolute atomic E-state index is 0.0804. The number of aromatic nitrogens is 3. The number of imidazole rings is 1. The van der Waals surface area contributed by atoms with Gasteiger partial charge in [-0.1, -0.05) is 0 Å². The van der Waals surface area contributed by atoms with Gasteiger partial charge in [0.05, 0.1) is 18.0 Å². The fraction of sp³-hybridized carbons (Fsp3) is 0.381. The Morgan fingerprint density at radius 1 is 1.25 bits per heavy atom. The predicted octanol–water partition coefficient (Wildman–Crippen LogP) is 3.48. The Kier molecular flexibility index (Phi) is 5.09. The van der Waals surface area contributed by atoms with Crippen LogP contribution < -0.4 is 0 Å². The van der Waals surface area contributed by atoms with E-state index in [1.807, 2.05) is 24.8 Å². The first-order valence-electron chi connectivity index (χ1n) is 9.59. The number of rotatable bonds is 4. The van der Waals surface area contributed by atoms with E-state index in [0.29, 0.717) is 36.7 Å². The highest BCUT2D eigenvalue weighted by Crippen LogP contribution is 2.22. The van der Waals surface area contributed by atoms with Crippen LogP contribution in [0.2, 0.25) is 0 Å². The Hall–Kier alpha value is -2.80. The molecule has 0 saturated carbocycles. The highest BCUT2D eigenvalue weighted by Gasteiger charge is 2.25. The van der Waals surface area contributed by atoms with Crippen molar-refractivity contribution in [3.05, 3.63) is 53.6 Å². The van der Waals surface area contributed by atoms with E-state index in [2.05, 4.69) is 10.1 Å². The lowest BCUT2D eigenvalue weighted by molar-refractivity contribution is 0.0144. The monoisotopic (exact) mass is 382 g/mol. The molecule has 6 nitrogen and oxygen atoms in total. The van der Waals surface area contributed by atoms with E-state index in [4.69, 9.17) is 4.74 Å². The van der Waals surface area contributed by atoms with Gasteiger partial charge in [-0.3, -0.25) is 4.79 Å². The number of carbonyl (C=O) groups is 1. The lowest BCUT2D eigenvalue weighted by Crippen LogP contribution is -2.41. The van der Waals surface area contributed by atoms with Gasteiger partial charge < -0.3 is 9.64 Å². The Labute approximate surface area is 162 Å². The van der Waals surface area contributed by atoms with Crippen LogP contribution in [-0.2, 0) is 4.74 Å². The van der Waals surface area contributed by atoms with Crippen LogP contribution in [0.5, 0.6) is 0 Å². The maximum absolute atomic E-state index is 13.2. The number of benzene rings is 1. The number of carbonyl (C=O) groups excluding carboxylic acids is 1. The van der Waals surface area contributed by atoms with Crippen molar-refractivity contribution in [3.8, 4) is 11.3 Å². The van der Waals surface area contributed by atoms with Gasteiger partial charge in [-0.2, -0.15) is 5.10 Å². The molecule has 7 heteroatoms. The molecule has 0 atom stereocenters. The molecule has 3 aromatic rings. The Bertz CT molecular complexity index is 992. The summed E-state index contributed by atoms with van der Waals surface area (Å²) in [6, 6.07) is 8.09. The van der Waals surface area contributed by atoms with Crippen LogP contribution in [0, 0.1) is 12.7 Å². The number of nitrogens with zero attached hydrogens (tertiary/aromatic N) is 4. The molecule has 0 unspecified atom stereocenters. The molecule has 146 valence electrons. The standard InChI is InChI=1S/C21H23FN4O2/c1-3-28-17-8-10-25(11-9-17)21(27)19-13-26-20(23-19)14(2)12-18(24-26)15-4-6-16(22)7-5-15/h4-7,12-13,17H,3,8-11H2,1-2H3. The summed E-state index contributed by atoms with van der Waals surface area (Å²) in [5.74, 6) is -0.367. The minimum Gasteiger partial charge on any atom is -0.378 e. The van der Waals surface area contributed by atoms with Gasteiger partial charge in [0.25, 0.3) is 5.91 Å². The maximum Gasteiger partial charge on any atom is 0.274 e. The number of halogens is 1. The fourth-order valence-electron chi connectivity index (χ4n) is 3.62. The van der Waals surface area contributed by atoms with E-state index in [9.17, 15) is 9.18 Å². The maximum atomic E-state index is 13.2. The molecule has 3 heterocycles. The molecular weight excluding hydrogens is 359 g/mol. The van der Waals surface area contributed by atoms with Crippen molar-refractivity contribution in [3.63, 3.8) is 0 Å². The number of hydrogen-bond acceptors (Lipinski definition) is 4. The Morgan fingerprint density at radius 3 is 2.64 bits per heavy atom. The third-order valence-electron chi connectivity index (χ3n) is 5.10. The van der Waals surface area contributed by atoms with Gasteiger partial charge >= 0.3 is 0 Å². The van der Waals surface area contributed by atoms with Crippen LogP contribution >= 0.6 is 0 Å². The van der Waals surface area contributed by atoms with Crippen LogP contribution in [0.15, 0.2) is 36.5 Å². The molecule has 1 fully saturated rings. The fourth-order valence-corrected chi connectivity index (χ4v) is 3.62. The highest BCUT2D eigenvalue weighted by molar-refractivity contribution is 5.93. The average molecular weight is 382 g/mol. The molecule has 1 saturated heterocycles. The zero-order valence-electron chi connectivity index (χ0n) is 16.1. The van der Waals surface area contributed by atoms with Crippen molar-refractivity contribution in [2.75, 3.05) is 19.7 Å². The molecule has 0 bridgehead atoms. The number of amides is 1. The van der Waals surface area contributed by atoms with Crippen molar-refractivity contribution in [2.24, 2.45) is 0 Å². The number of fused-ring (bicyclic) bond motifs is 1. The van der Waals surface area contributed by atoms with E-state index in [-0.39, 0.29) is 17.8 Å². The summed E-state index contributed by atoms with van der Waals surface area (Å²) in [5.41, 5.74) is 3.47. The van der Waals surface area contributed by atoms with Crippen molar-refractivity contribution in [1.82, 2.24) is 19.5 Å². The van der Waals surface area contributed by atoms with E-state index < -0.39 is 0 Å². The van der Waals surface area contributed by atoms with Gasteiger partial charge in [-0.15, -0.1) is 0 Å². The van der Waals surface area contributed by atoms with E-state index in [1.54, 1.807) is 22.8 Å². The molecule has 0 radical (unpaired) electrons. The van der Waals surface area contributed by atoms with Gasteiger partial charge in [-0.05, 0) is 62.6 Å². The molecule has 28 heavy (non-hydrogen) atoms. The van der Waals surface area contributed by atoms with Crippen LogP contribution in [-0.4, -0.2) is 51.2 Å². The summed E-state index contributed by atoms with van der Waals surface area (Å²) in [6.45, 7) is 5.96. The summed E-state index contributed by atoms with van der Waals surface area (Å²) in [5, 5.41) is 4.56. The van der Waals surface area contributed by atoms with E-state index in [1.165, 1.54) is 12.1 Å². The third-order valence-corrected chi connectivity index (χ3v) is 5.10. The quantitative estimate of drug-likeness (QED) is 0.693. The molecule has 1 aromatic carbocycles. The molecule has 0 spiro atoms. The second-order valence-corrected chi connectivity index (χ2v) is 7.06. The van der Waals surface area contributed by atoms with Gasteiger partial charge in [-0.25, -0.2) is 13.9 Å². The first-order valence-corrected chi connectivity index (χ1v) is 9.59. The first kappa shape index (κ1) is 18.6. The normalized spacial score (nSPS) is 15.3. The largest absolute Gasteiger partial charge is 0.378 e. The molecule has 1 aliphatic rings. The van der Waals surface area contributed by atoms with Gasteiger partial charge in [0, 0.05) is 25.3 Å². The second kappa shape index (κ2) is 7.67. The van der Waals surface area contributed by atoms with Crippen molar-refractivity contribution in [2.45, 2.75) is 32.8 Å². The second-order valence-electron chi connectivity index (χ2n) is 7.06. The lowest BCUT2D eigenvalue weighted by Gasteiger charge is -2.31. The number of piperidine rings is 1. The topological polar surface area (TPSA) is 59.7 Å². The smallest absolute Gasteiger partial charge is 0.274 e. The van der Waals surface area contributed by atoms with E-state index >= 15 is 0 Å². The SMILES string of the molecule is CCOC1CCN(C(=O)c2cn3nc(-c4ccc(F)cc4)cc(C)c3n2)CC1. The number of hydrogen-bond donors (Lipinski definition) is 0. The minimum atomic E-state index is -0.287. The van der Waals surface area contributed by atoms with Crippen LogP contribution in [0.4, 0.5) is 4.39 Å². The number of likely N-dealkylation sites (tertiary alicyclic amines) is 1. The van der Waals surface area contributed by atoms with Gasteiger partial charge in [0.2, 0.25) is 0 Å². The summed E-state index contributed by atoms with van der Waals surface area (Å²) >= 11 is 0. The Morgan fingerprint density at radius 2 is 1.96 bits per heavy atom. The lowest BCUT2D eigenvalue weighted by atomic mass is 10.1. The summed E-state index contributed by atoms with van der Waals surface area (Å²) in [6.07, 6.45) is 3.60. The molecule has 0 N–H and O–H groups in total. The van der Waals surface area contributed by atoms with Crippen LogP contribution in [0.25, 0.3) is 16.9 Å². The van der Waals surface area contributed by atoms with Crippen LogP contribution in [0.3, 0.4) is 0 Å².